The van der Waals surface area contributed by atoms with Crippen LogP contribution in [0.15, 0.2) is 45.8 Å². The molecular formula is C19H14O7. The van der Waals surface area contributed by atoms with Crippen molar-refractivity contribution >= 4 is 21.9 Å². The smallest absolute Gasteiger partial charge is 0.277 e. The quantitative estimate of drug-likeness (QED) is 0.707. The zero-order valence-electron chi connectivity index (χ0n) is 13.9. The van der Waals surface area contributed by atoms with Crippen molar-refractivity contribution in [3.8, 4) is 17.2 Å². The number of methoxy groups -OCH3 is 2. The summed E-state index contributed by atoms with van der Waals surface area (Å²) in [5, 5.41) is 11.6. The summed E-state index contributed by atoms with van der Waals surface area (Å²) in [4.78, 5) is 13.3. The van der Waals surface area contributed by atoms with Gasteiger partial charge in [-0.15, -0.1) is 0 Å². The second kappa shape index (κ2) is 4.92. The first-order chi connectivity index (χ1) is 12.6. The lowest BCUT2D eigenvalue weighted by molar-refractivity contribution is -0.109. The molecule has 0 aliphatic carbocycles. The highest BCUT2D eigenvalue weighted by Gasteiger charge is 2.53. The Morgan fingerprint density at radius 2 is 1.96 bits per heavy atom. The summed E-state index contributed by atoms with van der Waals surface area (Å²) in [6, 6.07) is 6.64. The second-order valence-electron chi connectivity index (χ2n) is 6.13. The van der Waals surface area contributed by atoms with E-state index in [1.807, 2.05) is 0 Å². The molecule has 7 heteroatoms. The largest absolute Gasteiger partial charge is 0.496 e. The van der Waals surface area contributed by atoms with Crippen molar-refractivity contribution in [3.63, 3.8) is 0 Å². The van der Waals surface area contributed by atoms with Gasteiger partial charge in [0.2, 0.25) is 5.43 Å². The topological polar surface area (TPSA) is 87.4 Å². The number of benzene rings is 2. The molecule has 26 heavy (non-hydrogen) atoms. The molecule has 0 radical (unpaired) electrons. The van der Waals surface area contributed by atoms with E-state index >= 15 is 0 Å². The third kappa shape index (κ3) is 1.68. The van der Waals surface area contributed by atoms with Crippen LogP contribution in [-0.4, -0.2) is 25.6 Å². The van der Waals surface area contributed by atoms with Crippen LogP contribution in [-0.2, 0) is 10.3 Å². The Labute approximate surface area is 146 Å². The molecule has 0 bridgehead atoms. The van der Waals surface area contributed by atoms with Gasteiger partial charge in [-0.3, -0.25) is 4.79 Å². The van der Waals surface area contributed by atoms with Crippen LogP contribution in [0.3, 0.4) is 0 Å². The summed E-state index contributed by atoms with van der Waals surface area (Å²) in [5.74, 6) is 1.03. The summed E-state index contributed by atoms with van der Waals surface area (Å²) in [6.45, 7) is 0. The highest BCUT2D eigenvalue weighted by Crippen LogP contribution is 2.51. The van der Waals surface area contributed by atoms with E-state index < -0.39 is 11.9 Å². The maximum Gasteiger partial charge on any atom is 0.277 e. The Morgan fingerprint density at radius 3 is 2.73 bits per heavy atom. The van der Waals surface area contributed by atoms with Crippen LogP contribution in [0.1, 0.15) is 5.56 Å². The van der Waals surface area contributed by atoms with Crippen LogP contribution in [0.4, 0.5) is 0 Å². The van der Waals surface area contributed by atoms with E-state index in [0.717, 1.165) is 0 Å². The van der Waals surface area contributed by atoms with Gasteiger partial charge in [-0.1, -0.05) is 6.07 Å². The second-order valence-corrected chi connectivity index (χ2v) is 6.13. The Balaban J connectivity index is 2.00. The molecule has 0 saturated carbocycles. The fourth-order valence-corrected chi connectivity index (χ4v) is 3.62. The van der Waals surface area contributed by atoms with Crippen molar-refractivity contribution in [2.75, 3.05) is 14.2 Å². The highest BCUT2D eigenvalue weighted by molar-refractivity contribution is 5.99. The third-order valence-corrected chi connectivity index (χ3v) is 4.82. The number of aliphatic hydroxyl groups is 1. The molecule has 2 aliphatic rings. The Morgan fingerprint density at radius 1 is 1.15 bits per heavy atom. The fourth-order valence-electron chi connectivity index (χ4n) is 3.62. The molecule has 0 spiro atoms. The van der Waals surface area contributed by atoms with E-state index in [0.29, 0.717) is 28.0 Å². The Hall–Kier alpha value is -3.19. The lowest BCUT2D eigenvalue weighted by Crippen LogP contribution is -2.33. The fraction of sp³-hybridized carbons (Fsp3) is 0.211. The molecule has 3 heterocycles. The molecular weight excluding hydrogens is 340 g/mol. The predicted molar refractivity (Wildman–Crippen MR) is 91.6 cm³/mol. The number of hydrogen-bond acceptors (Lipinski definition) is 7. The standard InChI is InChI=1S/C19H14O7/c1-22-9-4-3-5-10-13(9)16(20)14-11(23-2)8-12-15(17(14)25-10)19(21)6-7-24-18(19)26-12/h3-8,18,21H,1-2H3. The van der Waals surface area contributed by atoms with Gasteiger partial charge < -0.3 is 28.5 Å². The monoisotopic (exact) mass is 354 g/mol. The molecule has 2 aliphatic heterocycles. The van der Waals surface area contributed by atoms with E-state index in [2.05, 4.69) is 0 Å². The molecule has 132 valence electrons. The molecule has 0 fully saturated rings. The lowest BCUT2D eigenvalue weighted by atomic mass is 9.93. The summed E-state index contributed by atoms with van der Waals surface area (Å²) in [6.07, 6.45) is 1.91. The number of ether oxygens (including phenoxy) is 4. The van der Waals surface area contributed by atoms with E-state index in [1.54, 1.807) is 24.3 Å². The van der Waals surface area contributed by atoms with Crippen LogP contribution >= 0.6 is 0 Å². The van der Waals surface area contributed by atoms with Crippen LogP contribution < -0.4 is 19.6 Å². The first-order valence-electron chi connectivity index (χ1n) is 7.95. The van der Waals surface area contributed by atoms with Crippen molar-refractivity contribution in [2.24, 2.45) is 0 Å². The van der Waals surface area contributed by atoms with E-state index in [-0.39, 0.29) is 22.1 Å². The van der Waals surface area contributed by atoms with Gasteiger partial charge in [-0.05, 0) is 18.2 Å². The molecule has 1 aromatic heterocycles. The van der Waals surface area contributed by atoms with Crippen molar-refractivity contribution in [2.45, 2.75) is 11.9 Å². The van der Waals surface area contributed by atoms with Gasteiger partial charge in [0.25, 0.3) is 6.29 Å². The van der Waals surface area contributed by atoms with E-state index in [9.17, 15) is 9.90 Å². The Bertz CT molecular complexity index is 1160. The molecule has 7 nitrogen and oxygen atoms in total. The van der Waals surface area contributed by atoms with Gasteiger partial charge in [0.05, 0.1) is 26.0 Å². The minimum absolute atomic E-state index is 0.199. The minimum atomic E-state index is -1.54. The normalized spacial score (nSPS) is 22.8. The van der Waals surface area contributed by atoms with Gasteiger partial charge in [0, 0.05) is 6.07 Å². The molecule has 0 amide bonds. The zero-order chi connectivity index (χ0) is 18.1. The van der Waals surface area contributed by atoms with Gasteiger partial charge in [-0.2, -0.15) is 0 Å². The van der Waals surface area contributed by atoms with Gasteiger partial charge in [0.15, 0.2) is 11.2 Å². The van der Waals surface area contributed by atoms with Crippen LogP contribution in [0, 0.1) is 0 Å². The van der Waals surface area contributed by atoms with Crippen molar-refractivity contribution in [1.29, 1.82) is 0 Å². The maximum atomic E-state index is 13.3. The van der Waals surface area contributed by atoms with Crippen molar-refractivity contribution < 1.29 is 28.5 Å². The predicted octanol–water partition coefficient (Wildman–Crippen LogP) is 2.41. The minimum Gasteiger partial charge on any atom is -0.496 e. The van der Waals surface area contributed by atoms with Crippen molar-refractivity contribution in [1.82, 2.24) is 0 Å². The van der Waals surface area contributed by atoms with E-state index in [1.165, 1.54) is 26.6 Å². The first-order valence-corrected chi connectivity index (χ1v) is 7.95. The molecule has 2 atom stereocenters. The molecule has 0 saturated heterocycles. The van der Waals surface area contributed by atoms with Gasteiger partial charge in [-0.25, -0.2) is 0 Å². The number of rotatable bonds is 2. The number of fused-ring (bicyclic) bond motifs is 6. The average molecular weight is 354 g/mol. The SMILES string of the molecule is COc1cccc2oc3c4c(cc(OC)c3c(=O)c12)OC1OC=CC41O. The lowest BCUT2D eigenvalue weighted by Gasteiger charge is -2.18. The van der Waals surface area contributed by atoms with Crippen LogP contribution in [0.25, 0.3) is 21.9 Å². The van der Waals surface area contributed by atoms with Gasteiger partial charge >= 0.3 is 0 Å². The van der Waals surface area contributed by atoms with Crippen LogP contribution in [0.2, 0.25) is 0 Å². The van der Waals surface area contributed by atoms with Crippen LogP contribution in [0.5, 0.6) is 17.2 Å². The third-order valence-electron chi connectivity index (χ3n) is 4.82. The molecule has 2 unspecified atom stereocenters. The summed E-state index contributed by atoms with van der Waals surface area (Å²) < 4.78 is 27.7. The van der Waals surface area contributed by atoms with E-state index in [4.69, 9.17) is 23.4 Å². The molecule has 1 N–H and O–H groups in total. The molecule has 2 aromatic carbocycles. The van der Waals surface area contributed by atoms with Gasteiger partial charge in [0.1, 0.15) is 33.6 Å². The first kappa shape index (κ1) is 15.1. The maximum absolute atomic E-state index is 13.3. The summed E-state index contributed by atoms with van der Waals surface area (Å²) in [5.41, 5.74) is -0.970. The van der Waals surface area contributed by atoms with Crippen molar-refractivity contribution in [3.05, 3.63) is 52.4 Å². The Kier molecular flexibility index (Phi) is 2.86. The average Bonchev–Trinajstić information content (AvgIpc) is 3.13. The molecule has 5 rings (SSSR count). The molecule has 3 aromatic rings. The zero-order valence-corrected chi connectivity index (χ0v) is 13.9. The summed E-state index contributed by atoms with van der Waals surface area (Å²) in [7, 11) is 2.94. The number of hydrogen-bond donors (Lipinski definition) is 1. The highest BCUT2D eigenvalue weighted by atomic mass is 16.7. The summed E-state index contributed by atoms with van der Waals surface area (Å²) >= 11 is 0.